The third-order valence-electron chi connectivity index (χ3n) is 3.40. The Morgan fingerprint density at radius 2 is 1.57 bits per heavy atom. The van der Waals surface area contributed by atoms with Gasteiger partial charge in [0.2, 0.25) is 0 Å². The van der Waals surface area contributed by atoms with Crippen molar-refractivity contribution in [1.82, 2.24) is 4.98 Å². The van der Waals surface area contributed by atoms with Crippen molar-refractivity contribution in [1.29, 1.82) is 0 Å². The number of rotatable bonds is 3. The fourth-order valence-electron chi connectivity index (χ4n) is 2.27. The molecule has 0 aliphatic rings. The molecule has 6 heteroatoms. The van der Waals surface area contributed by atoms with Gasteiger partial charge < -0.3 is 4.98 Å². The van der Waals surface area contributed by atoms with Crippen molar-refractivity contribution < 1.29 is 4.79 Å². The summed E-state index contributed by atoms with van der Waals surface area (Å²) in [5.41, 5.74) is 2.39. The Morgan fingerprint density at radius 1 is 0.783 bits per heavy atom. The molecular weight excluding hydrogens is 376 g/mol. The summed E-state index contributed by atoms with van der Waals surface area (Å²) in [6.07, 6.45) is 3.36. The van der Waals surface area contributed by atoms with E-state index in [-0.39, 0.29) is 5.78 Å². The minimum atomic E-state index is -0.200. The number of aromatic nitrogens is 1. The standard InChI is InChI=1S/C17H9Cl4NO/c18-10-2-3-11(15(20)6-10)17(23)13-8-22-7-12(13)9-1-4-14(19)16(21)5-9/h1-8,22H. The van der Waals surface area contributed by atoms with Crippen LogP contribution in [0.15, 0.2) is 48.8 Å². The maximum Gasteiger partial charge on any atom is 0.196 e. The van der Waals surface area contributed by atoms with Crippen LogP contribution in [0.25, 0.3) is 11.1 Å². The molecular formula is C17H9Cl4NO. The highest BCUT2D eigenvalue weighted by Crippen LogP contribution is 2.32. The highest BCUT2D eigenvalue weighted by molar-refractivity contribution is 6.42. The molecule has 1 N–H and O–H groups in total. The normalized spacial score (nSPS) is 10.8. The summed E-state index contributed by atoms with van der Waals surface area (Å²) >= 11 is 24.0. The van der Waals surface area contributed by atoms with E-state index in [1.165, 1.54) is 0 Å². The molecule has 0 fully saturated rings. The van der Waals surface area contributed by atoms with Crippen molar-refractivity contribution in [3.63, 3.8) is 0 Å². The number of carbonyl (C=O) groups excluding carboxylic acids is 1. The van der Waals surface area contributed by atoms with Gasteiger partial charge in [-0.3, -0.25) is 4.79 Å². The van der Waals surface area contributed by atoms with Gasteiger partial charge in [0.05, 0.1) is 15.1 Å². The van der Waals surface area contributed by atoms with E-state index in [0.717, 1.165) is 11.1 Å². The number of carbonyl (C=O) groups is 1. The van der Waals surface area contributed by atoms with Crippen molar-refractivity contribution in [2.75, 3.05) is 0 Å². The molecule has 0 bridgehead atoms. The monoisotopic (exact) mass is 383 g/mol. The van der Waals surface area contributed by atoms with Crippen LogP contribution in [0.3, 0.4) is 0 Å². The van der Waals surface area contributed by atoms with E-state index in [9.17, 15) is 4.79 Å². The molecule has 1 aromatic heterocycles. The number of ketones is 1. The summed E-state index contributed by atoms with van der Waals surface area (Å²) in [4.78, 5) is 15.7. The number of halogens is 4. The molecule has 23 heavy (non-hydrogen) atoms. The van der Waals surface area contributed by atoms with Crippen molar-refractivity contribution in [3.05, 3.63) is 80.0 Å². The molecule has 116 valence electrons. The first-order valence-corrected chi connectivity index (χ1v) is 8.10. The number of hydrogen-bond donors (Lipinski definition) is 1. The fraction of sp³-hybridized carbons (Fsp3) is 0. The molecule has 2 aromatic carbocycles. The molecule has 1 heterocycles. The largest absolute Gasteiger partial charge is 0.366 e. The molecule has 0 saturated carbocycles. The molecule has 0 aliphatic heterocycles. The van der Waals surface area contributed by atoms with Crippen LogP contribution in [0.5, 0.6) is 0 Å². The molecule has 0 saturated heterocycles. The van der Waals surface area contributed by atoms with Gasteiger partial charge in [0.1, 0.15) is 0 Å². The second-order valence-corrected chi connectivity index (χ2v) is 6.52. The Kier molecular flexibility index (Phi) is 4.69. The van der Waals surface area contributed by atoms with Gasteiger partial charge in [0, 0.05) is 34.1 Å². The lowest BCUT2D eigenvalue weighted by Crippen LogP contribution is -2.02. The predicted octanol–water partition coefficient (Wildman–Crippen LogP) is 6.53. The third-order valence-corrected chi connectivity index (χ3v) is 4.68. The van der Waals surface area contributed by atoms with E-state index in [1.54, 1.807) is 48.8 Å². The lowest BCUT2D eigenvalue weighted by Gasteiger charge is -2.07. The summed E-state index contributed by atoms with van der Waals surface area (Å²) in [6.45, 7) is 0. The van der Waals surface area contributed by atoms with Crippen LogP contribution >= 0.6 is 46.4 Å². The molecule has 0 radical (unpaired) electrons. The first-order valence-electron chi connectivity index (χ1n) is 6.59. The quantitative estimate of drug-likeness (QED) is 0.511. The Morgan fingerprint density at radius 3 is 2.26 bits per heavy atom. The Balaban J connectivity index is 2.06. The zero-order valence-electron chi connectivity index (χ0n) is 11.5. The first-order chi connectivity index (χ1) is 11.0. The molecule has 0 spiro atoms. The van der Waals surface area contributed by atoms with E-state index in [1.807, 2.05) is 0 Å². The molecule has 0 aliphatic carbocycles. The maximum absolute atomic E-state index is 12.8. The van der Waals surface area contributed by atoms with Gasteiger partial charge in [-0.25, -0.2) is 0 Å². The van der Waals surface area contributed by atoms with Gasteiger partial charge in [-0.1, -0.05) is 52.5 Å². The average Bonchev–Trinajstić information content (AvgIpc) is 2.99. The zero-order valence-corrected chi connectivity index (χ0v) is 14.6. The SMILES string of the molecule is O=C(c1ccc(Cl)cc1Cl)c1c[nH]cc1-c1ccc(Cl)c(Cl)c1. The van der Waals surface area contributed by atoms with Gasteiger partial charge in [-0.15, -0.1) is 0 Å². The van der Waals surface area contributed by atoms with Crippen LogP contribution in [0.2, 0.25) is 20.1 Å². The van der Waals surface area contributed by atoms with Gasteiger partial charge in [0.15, 0.2) is 5.78 Å². The number of benzene rings is 2. The summed E-state index contributed by atoms with van der Waals surface area (Å²) in [5.74, 6) is -0.200. The van der Waals surface area contributed by atoms with Crippen molar-refractivity contribution >= 4 is 52.2 Å². The van der Waals surface area contributed by atoms with Crippen LogP contribution in [-0.4, -0.2) is 10.8 Å². The van der Waals surface area contributed by atoms with Gasteiger partial charge in [-0.05, 0) is 35.9 Å². The van der Waals surface area contributed by atoms with Crippen LogP contribution < -0.4 is 0 Å². The Labute approximate surface area is 152 Å². The highest BCUT2D eigenvalue weighted by atomic mass is 35.5. The molecule has 0 atom stereocenters. The van der Waals surface area contributed by atoms with E-state index in [0.29, 0.717) is 31.2 Å². The summed E-state index contributed by atoms with van der Waals surface area (Å²) < 4.78 is 0. The smallest absolute Gasteiger partial charge is 0.196 e. The number of H-pyrrole nitrogens is 1. The predicted molar refractivity (Wildman–Crippen MR) is 96.1 cm³/mol. The summed E-state index contributed by atoms with van der Waals surface area (Å²) in [5, 5.41) is 1.67. The summed E-state index contributed by atoms with van der Waals surface area (Å²) in [7, 11) is 0. The average molecular weight is 385 g/mol. The zero-order chi connectivity index (χ0) is 16.6. The van der Waals surface area contributed by atoms with Crippen molar-refractivity contribution in [3.8, 4) is 11.1 Å². The summed E-state index contributed by atoms with van der Waals surface area (Å²) in [6, 6.07) is 9.99. The van der Waals surface area contributed by atoms with Crippen LogP contribution in [0.1, 0.15) is 15.9 Å². The van der Waals surface area contributed by atoms with E-state index >= 15 is 0 Å². The van der Waals surface area contributed by atoms with Crippen LogP contribution in [-0.2, 0) is 0 Å². The topological polar surface area (TPSA) is 32.9 Å². The van der Waals surface area contributed by atoms with Crippen LogP contribution in [0.4, 0.5) is 0 Å². The third kappa shape index (κ3) is 3.26. The molecule has 3 rings (SSSR count). The first kappa shape index (κ1) is 16.4. The van der Waals surface area contributed by atoms with Gasteiger partial charge in [-0.2, -0.15) is 0 Å². The fourth-order valence-corrected chi connectivity index (χ4v) is 3.07. The van der Waals surface area contributed by atoms with E-state index in [4.69, 9.17) is 46.4 Å². The minimum Gasteiger partial charge on any atom is -0.366 e. The lowest BCUT2D eigenvalue weighted by molar-refractivity contribution is 0.103. The Bertz CT molecular complexity index is 901. The van der Waals surface area contributed by atoms with Crippen LogP contribution in [0, 0.1) is 0 Å². The van der Waals surface area contributed by atoms with Gasteiger partial charge in [0.25, 0.3) is 0 Å². The number of nitrogens with one attached hydrogen (secondary N) is 1. The molecule has 2 nitrogen and oxygen atoms in total. The highest BCUT2D eigenvalue weighted by Gasteiger charge is 2.19. The Hall–Kier alpha value is -1.45. The number of hydrogen-bond acceptors (Lipinski definition) is 1. The molecule has 0 unspecified atom stereocenters. The van der Waals surface area contributed by atoms with E-state index < -0.39 is 0 Å². The number of aromatic amines is 1. The molecule has 3 aromatic rings. The maximum atomic E-state index is 12.8. The van der Waals surface area contributed by atoms with E-state index in [2.05, 4.69) is 4.98 Å². The molecule has 0 amide bonds. The van der Waals surface area contributed by atoms with Crippen molar-refractivity contribution in [2.24, 2.45) is 0 Å². The van der Waals surface area contributed by atoms with Crippen molar-refractivity contribution in [2.45, 2.75) is 0 Å². The second kappa shape index (κ2) is 6.58. The lowest BCUT2D eigenvalue weighted by atomic mass is 9.98. The van der Waals surface area contributed by atoms with Gasteiger partial charge >= 0.3 is 0 Å². The minimum absolute atomic E-state index is 0.200. The second-order valence-electron chi connectivity index (χ2n) is 4.86.